The van der Waals surface area contributed by atoms with Crippen LogP contribution in [0.15, 0.2) is 60.9 Å². The molecule has 2 amide bonds. The monoisotopic (exact) mass is 443 g/mol. The predicted octanol–water partition coefficient (Wildman–Crippen LogP) is 3.46. The molecule has 1 spiro atoms. The van der Waals surface area contributed by atoms with Crippen molar-refractivity contribution >= 4 is 11.8 Å². The van der Waals surface area contributed by atoms with E-state index in [1.54, 1.807) is 12.4 Å². The van der Waals surface area contributed by atoms with Gasteiger partial charge < -0.3 is 10.2 Å². The van der Waals surface area contributed by atoms with Crippen LogP contribution in [0.4, 0.5) is 0 Å². The van der Waals surface area contributed by atoms with Crippen molar-refractivity contribution in [2.45, 2.75) is 32.1 Å². The number of likely N-dealkylation sites (tertiary alicyclic amines) is 1. The Kier molecular flexibility index (Phi) is 5.94. The maximum Gasteiger partial charge on any atom is 0.271 e. The maximum absolute atomic E-state index is 13.0. The summed E-state index contributed by atoms with van der Waals surface area (Å²) in [6, 6.07) is 15.7. The number of piperidine rings is 1. The second-order valence-corrected chi connectivity index (χ2v) is 9.19. The van der Waals surface area contributed by atoms with E-state index < -0.39 is 0 Å². The molecule has 7 nitrogen and oxygen atoms in total. The minimum absolute atomic E-state index is 0.0164. The topological polar surface area (TPSA) is 91.0 Å². The number of hydrogen-bond acceptors (Lipinski definition) is 4. The molecule has 33 heavy (non-hydrogen) atoms. The first-order chi connectivity index (χ1) is 16.1. The Bertz CT molecular complexity index is 1100. The zero-order valence-electron chi connectivity index (χ0n) is 18.7. The summed E-state index contributed by atoms with van der Waals surface area (Å²) in [5, 5.41) is 10.3. The van der Waals surface area contributed by atoms with Crippen LogP contribution in [0.1, 0.15) is 41.7 Å². The average Bonchev–Trinajstić information content (AvgIpc) is 3.33. The standard InChI is InChI=1S/C26H29N5O2/c32-24(28-12-4-5-19-8-13-27-14-9-19)21-18-26(21)10-15-31(16-11-26)25(33)23-17-22(29-30-23)20-6-2-1-3-7-20/h1-3,6-9,13-14,17,21H,4-5,10-12,15-16,18H2,(H,28,32)(H,29,30). The third-order valence-electron chi connectivity index (χ3n) is 7.12. The Labute approximate surface area is 193 Å². The lowest BCUT2D eigenvalue weighted by Crippen LogP contribution is -2.40. The van der Waals surface area contributed by atoms with Crippen molar-refractivity contribution in [2.24, 2.45) is 11.3 Å². The van der Waals surface area contributed by atoms with Crippen molar-refractivity contribution in [2.75, 3.05) is 19.6 Å². The number of aromatic amines is 1. The number of carbonyl (C=O) groups excluding carboxylic acids is 2. The Morgan fingerprint density at radius 2 is 1.85 bits per heavy atom. The molecule has 3 heterocycles. The summed E-state index contributed by atoms with van der Waals surface area (Å²) >= 11 is 0. The number of aromatic nitrogens is 3. The van der Waals surface area contributed by atoms with Gasteiger partial charge in [0.15, 0.2) is 0 Å². The van der Waals surface area contributed by atoms with Gasteiger partial charge in [-0.2, -0.15) is 5.10 Å². The molecule has 0 bridgehead atoms. The predicted molar refractivity (Wildman–Crippen MR) is 125 cm³/mol. The highest BCUT2D eigenvalue weighted by Crippen LogP contribution is 2.59. The van der Waals surface area contributed by atoms with Crippen LogP contribution in [0.25, 0.3) is 11.3 Å². The van der Waals surface area contributed by atoms with E-state index in [1.807, 2.05) is 53.4 Å². The number of pyridine rings is 1. The second kappa shape index (κ2) is 9.17. The Morgan fingerprint density at radius 1 is 1.09 bits per heavy atom. The minimum atomic E-state index is -0.0164. The van der Waals surface area contributed by atoms with E-state index >= 15 is 0 Å². The zero-order valence-corrected chi connectivity index (χ0v) is 18.7. The quantitative estimate of drug-likeness (QED) is 0.547. The summed E-state index contributed by atoms with van der Waals surface area (Å²) in [5.41, 5.74) is 3.60. The highest BCUT2D eigenvalue weighted by Gasteiger charge is 2.58. The van der Waals surface area contributed by atoms with Crippen molar-refractivity contribution in [3.63, 3.8) is 0 Å². The lowest BCUT2D eigenvalue weighted by molar-refractivity contribution is -0.123. The molecule has 7 heteroatoms. The lowest BCUT2D eigenvalue weighted by Gasteiger charge is -2.32. The van der Waals surface area contributed by atoms with Crippen LogP contribution in [0.5, 0.6) is 0 Å². The first kappa shape index (κ1) is 21.4. The maximum atomic E-state index is 13.0. The summed E-state index contributed by atoms with van der Waals surface area (Å²) in [4.78, 5) is 31.5. The van der Waals surface area contributed by atoms with Gasteiger partial charge >= 0.3 is 0 Å². The molecule has 1 saturated heterocycles. The molecule has 5 rings (SSSR count). The van der Waals surface area contributed by atoms with E-state index in [1.165, 1.54) is 5.56 Å². The molecule has 1 aliphatic heterocycles. The molecular formula is C26H29N5O2. The smallest absolute Gasteiger partial charge is 0.271 e. The van der Waals surface area contributed by atoms with E-state index in [0.717, 1.165) is 43.4 Å². The number of benzene rings is 1. The minimum Gasteiger partial charge on any atom is -0.356 e. The summed E-state index contributed by atoms with van der Waals surface area (Å²) in [7, 11) is 0. The van der Waals surface area contributed by atoms with Crippen LogP contribution >= 0.6 is 0 Å². The fourth-order valence-corrected chi connectivity index (χ4v) is 4.96. The zero-order chi connectivity index (χ0) is 22.7. The van der Waals surface area contributed by atoms with Gasteiger partial charge in [0.25, 0.3) is 5.91 Å². The second-order valence-electron chi connectivity index (χ2n) is 9.19. The van der Waals surface area contributed by atoms with Crippen LogP contribution in [-0.2, 0) is 11.2 Å². The van der Waals surface area contributed by atoms with Gasteiger partial charge in [0, 0.05) is 43.5 Å². The molecule has 3 aromatic rings. The number of nitrogens with zero attached hydrogens (tertiary/aromatic N) is 3. The van der Waals surface area contributed by atoms with Gasteiger partial charge in [0.2, 0.25) is 5.91 Å². The van der Waals surface area contributed by atoms with Gasteiger partial charge in [-0.3, -0.25) is 19.7 Å². The van der Waals surface area contributed by atoms with E-state index in [9.17, 15) is 9.59 Å². The third-order valence-corrected chi connectivity index (χ3v) is 7.12. The van der Waals surface area contributed by atoms with Crippen molar-refractivity contribution in [1.82, 2.24) is 25.4 Å². The van der Waals surface area contributed by atoms with Crippen molar-refractivity contribution < 1.29 is 9.59 Å². The molecule has 1 saturated carbocycles. The van der Waals surface area contributed by atoms with Crippen molar-refractivity contribution in [3.8, 4) is 11.3 Å². The molecule has 2 aliphatic rings. The third kappa shape index (κ3) is 4.67. The Morgan fingerprint density at radius 3 is 2.61 bits per heavy atom. The van der Waals surface area contributed by atoms with Crippen LogP contribution < -0.4 is 5.32 Å². The van der Waals surface area contributed by atoms with Crippen LogP contribution in [0.2, 0.25) is 0 Å². The van der Waals surface area contributed by atoms with Crippen LogP contribution in [0.3, 0.4) is 0 Å². The molecule has 2 aromatic heterocycles. The SMILES string of the molecule is O=C(NCCCc1ccncc1)C1CC12CCN(C(=O)c1cc(-c3ccccc3)n[nH]1)CC2. The van der Waals surface area contributed by atoms with Gasteiger partial charge in [-0.15, -0.1) is 0 Å². The first-order valence-electron chi connectivity index (χ1n) is 11.7. The number of amides is 2. The fraction of sp³-hybridized carbons (Fsp3) is 0.385. The number of aryl methyl sites for hydroxylation is 1. The van der Waals surface area contributed by atoms with E-state index in [0.29, 0.717) is 25.3 Å². The van der Waals surface area contributed by atoms with E-state index in [4.69, 9.17) is 0 Å². The van der Waals surface area contributed by atoms with Crippen molar-refractivity contribution in [1.29, 1.82) is 0 Å². The fourth-order valence-electron chi connectivity index (χ4n) is 4.96. The lowest BCUT2D eigenvalue weighted by atomic mass is 9.90. The number of hydrogen-bond donors (Lipinski definition) is 2. The summed E-state index contributed by atoms with van der Waals surface area (Å²) in [6.45, 7) is 2.07. The molecule has 0 radical (unpaired) electrons. The van der Waals surface area contributed by atoms with Crippen molar-refractivity contribution in [3.05, 3.63) is 72.2 Å². The number of H-pyrrole nitrogens is 1. The van der Waals surface area contributed by atoms with Gasteiger partial charge in [-0.05, 0) is 61.3 Å². The number of carbonyl (C=O) groups is 2. The van der Waals surface area contributed by atoms with Gasteiger partial charge in [0.1, 0.15) is 5.69 Å². The molecule has 2 fully saturated rings. The number of rotatable bonds is 7. The van der Waals surface area contributed by atoms with Gasteiger partial charge in [-0.25, -0.2) is 0 Å². The summed E-state index contributed by atoms with van der Waals surface area (Å²) in [5.74, 6) is 0.246. The highest BCUT2D eigenvalue weighted by atomic mass is 16.2. The summed E-state index contributed by atoms with van der Waals surface area (Å²) < 4.78 is 0. The first-order valence-corrected chi connectivity index (χ1v) is 11.7. The van der Waals surface area contributed by atoms with Crippen LogP contribution in [0, 0.1) is 11.3 Å². The largest absolute Gasteiger partial charge is 0.356 e. The molecule has 2 N–H and O–H groups in total. The normalized spacial score (nSPS) is 18.8. The Hall–Kier alpha value is -3.48. The molecule has 170 valence electrons. The van der Waals surface area contributed by atoms with Gasteiger partial charge in [0.05, 0.1) is 5.69 Å². The molecule has 1 aromatic carbocycles. The summed E-state index contributed by atoms with van der Waals surface area (Å²) in [6.07, 6.45) is 8.16. The van der Waals surface area contributed by atoms with E-state index in [2.05, 4.69) is 20.5 Å². The Balaban J connectivity index is 1.08. The van der Waals surface area contributed by atoms with Gasteiger partial charge in [-0.1, -0.05) is 30.3 Å². The molecular weight excluding hydrogens is 414 g/mol. The highest BCUT2D eigenvalue weighted by molar-refractivity contribution is 5.93. The van der Waals surface area contributed by atoms with Crippen LogP contribution in [-0.4, -0.2) is 51.5 Å². The molecule has 1 aliphatic carbocycles. The molecule has 1 atom stereocenters. The molecule has 1 unspecified atom stereocenters. The number of nitrogens with one attached hydrogen (secondary N) is 2. The average molecular weight is 444 g/mol. The van der Waals surface area contributed by atoms with E-state index in [-0.39, 0.29) is 23.1 Å².